The van der Waals surface area contributed by atoms with Gasteiger partial charge in [0.05, 0.1) is 26.5 Å². The van der Waals surface area contributed by atoms with Crippen molar-refractivity contribution < 1.29 is 19.0 Å². The van der Waals surface area contributed by atoms with E-state index in [1.54, 1.807) is 32.4 Å². The predicted octanol–water partition coefficient (Wildman–Crippen LogP) is 3.46. The average molecular weight is 396 g/mol. The highest BCUT2D eigenvalue weighted by Gasteiger charge is 2.21. The number of ether oxygens (including phenoxy) is 3. The largest absolute Gasteiger partial charge is 0.497 e. The van der Waals surface area contributed by atoms with Crippen molar-refractivity contribution in [2.75, 3.05) is 51.9 Å². The quantitative estimate of drug-likeness (QED) is 0.671. The van der Waals surface area contributed by atoms with Crippen LogP contribution in [0.15, 0.2) is 48.5 Å². The van der Waals surface area contributed by atoms with Crippen molar-refractivity contribution in [1.29, 1.82) is 0 Å². The zero-order chi connectivity index (χ0) is 20.6. The predicted molar refractivity (Wildman–Crippen MR) is 115 cm³/mol. The maximum Gasteiger partial charge on any atom is 0.246 e. The molecule has 0 N–H and O–H groups in total. The number of methoxy groups -OCH3 is 2. The molecule has 6 heteroatoms. The van der Waals surface area contributed by atoms with E-state index in [0.717, 1.165) is 30.1 Å². The summed E-state index contributed by atoms with van der Waals surface area (Å²) in [5.74, 6) is 2.28. The van der Waals surface area contributed by atoms with Gasteiger partial charge in [-0.25, -0.2) is 0 Å². The zero-order valence-corrected chi connectivity index (χ0v) is 17.3. The van der Waals surface area contributed by atoms with E-state index < -0.39 is 0 Å². The molecule has 0 aromatic heterocycles. The zero-order valence-electron chi connectivity index (χ0n) is 17.3. The number of hydrogen-bond donors (Lipinski definition) is 0. The number of para-hydroxylation sites is 2. The molecular formula is C23H28N2O4. The first-order valence-corrected chi connectivity index (χ1v) is 9.82. The van der Waals surface area contributed by atoms with E-state index in [2.05, 4.69) is 11.0 Å². The van der Waals surface area contributed by atoms with Gasteiger partial charge in [0.2, 0.25) is 5.91 Å². The molecule has 0 spiro atoms. The molecule has 3 rings (SSSR count). The summed E-state index contributed by atoms with van der Waals surface area (Å²) in [4.78, 5) is 16.8. The van der Waals surface area contributed by atoms with Gasteiger partial charge < -0.3 is 24.0 Å². The van der Waals surface area contributed by atoms with Crippen LogP contribution in [0.3, 0.4) is 0 Å². The van der Waals surface area contributed by atoms with Crippen LogP contribution in [0.2, 0.25) is 0 Å². The lowest BCUT2D eigenvalue weighted by Crippen LogP contribution is -2.48. The van der Waals surface area contributed by atoms with Crippen molar-refractivity contribution in [2.45, 2.75) is 6.92 Å². The lowest BCUT2D eigenvalue weighted by molar-refractivity contribution is -0.126. The molecule has 0 unspecified atom stereocenters. The fourth-order valence-corrected chi connectivity index (χ4v) is 3.39. The highest BCUT2D eigenvalue weighted by Crippen LogP contribution is 2.29. The number of piperazine rings is 1. The Morgan fingerprint density at radius 1 is 1.00 bits per heavy atom. The first kappa shape index (κ1) is 20.6. The van der Waals surface area contributed by atoms with Crippen LogP contribution >= 0.6 is 0 Å². The molecule has 1 aliphatic heterocycles. The van der Waals surface area contributed by atoms with Gasteiger partial charge in [0.1, 0.15) is 17.2 Å². The number of benzene rings is 2. The van der Waals surface area contributed by atoms with Crippen LogP contribution < -0.4 is 19.1 Å². The second-order valence-corrected chi connectivity index (χ2v) is 6.65. The number of anilines is 1. The molecule has 0 aliphatic carbocycles. The van der Waals surface area contributed by atoms with Gasteiger partial charge in [-0.3, -0.25) is 4.79 Å². The van der Waals surface area contributed by atoms with Crippen molar-refractivity contribution in [3.63, 3.8) is 0 Å². The molecule has 0 saturated carbocycles. The van der Waals surface area contributed by atoms with E-state index in [0.29, 0.717) is 31.2 Å². The molecule has 0 radical (unpaired) electrons. The Labute approximate surface area is 172 Å². The Balaban J connectivity index is 1.61. The minimum Gasteiger partial charge on any atom is -0.497 e. The lowest BCUT2D eigenvalue weighted by Gasteiger charge is -2.36. The van der Waals surface area contributed by atoms with Gasteiger partial charge in [-0.1, -0.05) is 12.1 Å². The summed E-state index contributed by atoms with van der Waals surface area (Å²) in [7, 11) is 3.22. The summed E-state index contributed by atoms with van der Waals surface area (Å²) in [5.41, 5.74) is 1.92. The van der Waals surface area contributed by atoms with E-state index in [4.69, 9.17) is 14.2 Å². The van der Waals surface area contributed by atoms with Gasteiger partial charge in [-0.05, 0) is 37.3 Å². The number of hydrogen-bond acceptors (Lipinski definition) is 5. The number of carbonyl (C=O) groups excluding carboxylic acids is 1. The third kappa shape index (κ3) is 5.02. The van der Waals surface area contributed by atoms with E-state index in [1.807, 2.05) is 42.2 Å². The van der Waals surface area contributed by atoms with E-state index >= 15 is 0 Å². The molecule has 29 heavy (non-hydrogen) atoms. The summed E-state index contributed by atoms with van der Waals surface area (Å²) in [5, 5.41) is 0. The Kier molecular flexibility index (Phi) is 7.00. The van der Waals surface area contributed by atoms with Gasteiger partial charge in [0, 0.05) is 43.9 Å². The average Bonchev–Trinajstić information content (AvgIpc) is 2.78. The lowest BCUT2D eigenvalue weighted by atomic mass is 10.1. The van der Waals surface area contributed by atoms with Gasteiger partial charge in [0.15, 0.2) is 0 Å². The molecule has 0 bridgehead atoms. The summed E-state index contributed by atoms with van der Waals surface area (Å²) < 4.78 is 16.3. The molecule has 6 nitrogen and oxygen atoms in total. The summed E-state index contributed by atoms with van der Waals surface area (Å²) >= 11 is 0. The molecule has 1 fully saturated rings. The molecule has 1 saturated heterocycles. The Morgan fingerprint density at radius 3 is 2.45 bits per heavy atom. The maximum atomic E-state index is 12.6. The number of rotatable bonds is 7. The second kappa shape index (κ2) is 9.87. The Bertz CT molecular complexity index is 858. The molecule has 1 amide bonds. The molecule has 0 atom stereocenters. The first-order valence-electron chi connectivity index (χ1n) is 9.82. The van der Waals surface area contributed by atoms with Gasteiger partial charge >= 0.3 is 0 Å². The Hall–Kier alpha value is -3.15. The van der Waals surface area contributed by atoms with Crippen LogP contribution in [0.25, 0.3) is 6.08 Å². The molecule has 154 valence electrons. The van der Waals surface area contributed by atoms with Gasteiger partial charge in [-0.15, -0.1) is 0 Å². The standard InChI is InChI=1S/C23H28N2O4/c1-4-29-21-8-6-5-7-20(21)24-13-15-25(16-14-24)23(26)12-10-18-9-11-19(27-2)17-22(18)28-3/h5-12,17H,4,13-16H2,1-3H3/b12-10+. The van der Waals surface area contributed by atoms with Crippen molar-refractivity contribution in [1.82, 2.24) is 4.90 Å². The highest BCUT2D eigenvalue weighted by molar-refractivity contribution is 5.92. The van der Waals surface area contributed by atoms with E-state index in [-0.39, 0.29) is 5.91 Å². The van der Waals surface area contributed by atoms with Crippen LogP contribution in [0.4, 0.5) is 5.69 Å². The summed E-state index contributed by atoms with van der Waals surface area (Å²) in [6, 6.07) is 13.6. The van der Waals surface area contributed by atoms with Crippen molar-refractivity contribution in [3.8, 4) is 17.2 Å². The minimum absolute atomic E-state index is 0.000569. The number of amides is 1. The topological polar surface area (TPSA) is 51.2 Å². The van der Waals surface area contributed by atoms with Crippen molar-refractivity contribution >= 4 is 17.7 Å². The molecule has 1 heterocycles. The fourth-order valence-electron chi connectivity index (χ4n) is 3.39. The van der Waals surface area contributed by atoms with Crippen LogP contribution in [0.5, 0.6) is 17.2 Å². The van der Waals surface area contributed by atoms with Gasteiger partial charge in [-0.2, -0.15) is 0 Å². The molecule has 2 aromatic rings. The number of carbonyl (C=O) groups is 1. The van der Waals surface area contributed by atoms with Gasteiger partial charge in [0.25, 0.3) is 0 Å². The first-order chi connectivity index (χ1) is 14.2. The highest BCUT2D eigenvalue weighted by atomic mass is 16.5. The van der Waals surface area contributed by atoms with Crippen molar-refractivity contribution in [2.24, 2.45) is 0 Å². The third-order valence-corrected chi connectivity index (χ3v) is 4.94. The second-order valence-electron chi connectivity index (χ2n) is 6.65. The van der Waals surface area contributed by atoms with Crippen LogP contribution in [-0.2, 0) is 4.79 Å². The number of nitrogens with zero attached hydrogens (tertiary/aromatic N) is 2. The van der Waals surface area contributed by atoms with E-state index in [1.165, 1.54) is 0 Å². The maximum absolute atomic E-state index is 12.6. The SMILES string of the molecule is CCOc1ccccc1N1CCN(C(=O)/C=C/c2ccc(OC)cc2OC)CC1. The van der Waals surface area contributed by atoms with E-state index in [9.17, 15) is 4.79 Å². The van der Waals surface area contributed by atoms with Crippen LogP contribution in [0.1, 0.15) is 12.5 Å². The smallest absolute Gasteiger partial charge is 0.246 e. The Morgan fingerprint density at radius 2 is 1.76 bits per heavy atom. The summed E-state index contributed by atoms with van der Waals surface area (Å²) in [6.45, 7) is 5.50. The summed E-state index contributed by atoms with van der Waals surface area (Å²) in [6.07, 6.45) is 3.39. The molecule has 1 aliphatic rings. The van der Waals surface area contributed by atoms with Crippen LogP contribution in [0, 0.1) is 0 Å². The molecular weight excluding hydrogens is 368 g/mol. The van der Waals surface area contributed by atoms with Crippen molar-refractivity contribution in [3.05, 3.63) is 54.1 Å². The third-order valence-electron chi connectivity index (χ3n) is 4.94. The monoisotopic (exact) mass is 396 g/mol. The minimum atomic E-state index is 0.000569. The fraction of sp³-hybridized carbons (Fsp3) is 0.348. The molecule has 2 aromatic carbocycles. The van der Waals surface area contributed by atoms with Crippen LogP contribution in [-0.4, -0.2) is 57.8 Å². The normalized spacial score (nSPS) is 14.2.